The molecule has 0 aliphatic rings. The molecule has 3 nitrogen and oxygen atoms in total. The Kier molecular flexibility index (Phi) is 5.54. The third kappa shape index (κ3) is 5.00. The van der Waals surface area contributed by atoms with Crippen molar-refractivity contribution in [2.45, 2.75) is 36.8 Å². The van der Waals surface area contributed by atoms with Gasteiger partial charge in [0.1, 0.15) is 5.75 Å². The second-order valence-corrected chi connectivity index (χ2v) is 6.30. The highest BCUT2D eigenvalue weighted by Gasteiger charge is 2.24. The van der Waals surface area contributed by atoms with Crippen LogP contribution < -0.4 is 4.74 Å². The monoisotopic (exact) mass is 268 g/mol. The van der Waals surface area contributed by atoms with Gasteiger partial charge in [0, 0.05) is 9.64 Å². The van der Waals surface area contributed by atoms with E-state index in [9.17, 15) is 4.79 Å². The largest absolute Gasteiger partial charge is 0.497 e. The van der Waals surface area contributed by atoms with Gasteiger partial charge >= 0.3 is 5.97 Å². The summed E-state index contributed by atoms with van der Waals surface area (Å²) in [7, 11) is 1.65. The van der Waals surface area contributed by atoms with Crippen LogP contribution in [0.2, 0.25) is 0 Å². The molecule has 0 atom stereocenters. The summed E-state index contributed by atoms with van der Waals surface area (Å²) < 4.78 is 9.91. The lowest BCUT2D eigenvalue weighted by atomic mass is 10.1. The van der Waals surface area contributed by atoms with Gasteiger partial charge in [-0.05, 0) is 45.0 Å². The lowest BCUT2D eigenvalue weighted by Gasteiger charge is -2.22. The second-order valence-electron chi connectivity index (χ2n) is 4.52. The van der Waals surface area contributed by atoms with Crippen LogP contribution in [0.25, 0.3) is 0 Å². The lowest BCUT2D eigenvalue weighted by molar-refractivity contribution is -0.143. The molecule has 0 fully saturated rings. The topological polar surface area (TPSA) is 35.5 Å². The van der Waals surface area contributed by atoms with Crippen molar-refractivity contribution in [2.24, 2.45) is 0 Å². The van der Waals surface area contributed by atoms with Crippen molar-refractivity contribution in [3.8, 4) is 5.75 Å². The Bertz CT molecular complexity index is 385. The average molecular weight is 268 g/mol. The Morgan fingerprint density at radius 2 is 1.89 bits per heavy atom. The maximum Gasteiger partial charge on any atom is 0.307 e. The molecule has 1 aromatic carbocycles. The van der Waals surface area contributed by atoms with Gasteiger partial charge < -0.3 is 9.47 Å². The Labute approximate surface area is 113 Å². The highest BCUT2D eigenvalue weighted by molar-refractivity contribution is 8.00. The normalized spacial score (nSPS) is 11.1. The van der Waals surface area contributed by atoms with E-state index >= 15 is 0 Å². The summed E-state index contributed by atoms with van der Waals surface area (Å²) in [5.41, 5.74) is 0. The van der Waals surface area contributed by atoms with Crippen molar-refractivity contribution in [3.05, 3.63) is 24.3 Å². The molecule has 0 unspecified atom stereocenters. The molecule has 0 bridgehead atoms. The molecule has 0 aliphatic heterocycles. The van der Waals surface area contributed by atoms with Crippen molar-refractivity contribution in [1.29, 1.82) is 0 Å². The van der Waals surface area contributed by atoms with Crippen LogP contribution in [0.15, 0.2) is 29.2 Å². The average Bonchev–Trinajstić information content (AvgIpc) is 2.29. The fraction of sp³-hybridized carbons (Fsp3) is 0.500. The van der Waals surface area contributed by atoms with Gasteiger partial charge in [-0.25, -0.2) is 0 Å². The third-order valence-corrected chi connectivity index (χ3v) is 3.53. The van der Waals surface area contributed by atoms with Crippen LogP contribution >= 0.6 is 11.8 Å². The fourth-order valence-electron chi connectivity index (χ4n) is 1.56. The standard InChI is InChI=1S/C14H20O3S/c1-5-17-13(15)10-14(2,3)18-12-8-6-11(16-4)7-9-12/h6-9H,5,10H2,1-4H3. The van der Waals surface area contributed by atoms with E-state index in [4.69, 9.17) is 9.47 Å². The molecule has 0 radical (unpaired) electrons. The van der Waals surface area contributed by atoms with Gasteiger partial charge in [-0.2, -0.15) is 0 Å². The maximum atomic E-state index is 11.5. The smallest absolute Gasteiger partial charge is 0.307 e. The molecule has 0 saturated heterocycles. The van der Waals surface area contributed by atoms with E-state index in [2.05, 4.69) is 0 Å². The first kappa shape index (κ1) is 14.9. The van der Waals surface area contributed by atoms with Crippen molar-refractivity contribution < 1.29 is 14.3 Å². The summed E-state index contributed by atoms with van der Waals surface area (Å²) in [6, 6.07) is 7.83. The molecule has 1 rings (SSSR count). The molecular weight excluding hydrogens is 248 g/mol. The quantitative estimate of drug-likeness (QED) is 0.584. The molecule has 0 N–H and O–H groups in total. The summed E-state index contributed by atoms with van der Waals surface area (Å²) in [5.74, 6) is 0.686. The Morgan fingerprint density at radius 1 is 1.28 bits per heavy atom. The molecule has 0 amide bonds. The number of esters is 1. The second kappa shape index (κ2) is 6.69. The van der Waals surface area contributed by atoms with Crippen molar-refractivity contribution in [3.63, 3.8) is 0 Å². The van der Waals surface area contributed by atoms with E-state index in [1.54, 1.807) is 18.9 Å². The van der Waals surface area contributed by atoms with Gasteiger partial charge in [-0.3, -0.25) is 4.79 Å². The van der Waals surface area contributed by atoms with Crippen LogP contribution in [0.1, 0.15) is 27.2 Å². The Balaban J connectivity index is 2.60. The van der Waals surface area contributed by atoms with Gasteiger partial charge in [-0.1, -0.05) is 0 Å². The number of rotatable bonds is 6. The molecule has 4 heteroatoms. The third-order valence-electron chi connectivity index (χ3n) is 2.33. The van der Waals surface area contributed by atoms with Crippen LogP contribution in [0.5, 0.6) is 5.75 Å². The molecule has 0 aromatic heterocycles. The summed E-state index contributed by atoms with van der Waals surface area (Å²) in [5, 5.41) is 0. The van der Waals surface area contributed by atoms with Crippen LogP contribution in [-0.4, -0.2) is 24.4 Å². The van der Waals surface area contributed by atoms with Gasteiger partial charge in [0.2, 0.25) is 0 Å². The van der Waals surface area contributed by atoms with E-state index in [-0.39, 0.29) is 10.7 Å². The highest BCUT2D eigenvalue weighted by Crippen LogP contribution is 2.35. The first-order valence-electron chi connectivity index (χ1n) is 5.95. The first-order valence-corrected chi connectivity index (χ1v) is 6.77. The molecule has 0 spiro atoms. The van der Waals surface area contributed by atoms with E-state index in [0.717, 1.165) is 10.6 Å². The van der Waals surface area contributed by atoms with E-state index in [0.29, 0.717) is 13.0 Å². The zero-order valence-corrected chi connectivity index (χ0v) is 12.2. The van der Waals surface area contributed by atoms with Crippen molar-refractivity contribution >= 4 is 17.7 Å². The minimum absolute atomic E-state index is 0.150. The Hall–Kier alpha value is -1.16. The number of carbonyl (C=O) groups is 1. The number of hydrogen-bond acceptors (Lipinski definition) is 4. The van der Waals surface area contributed by atoms with Crippen molar-refractivity contribution in [2.75, 3.05) is 13.7 Å². The van der Waals surface area contributed by atoms with Gasteiger partial charge in [0.05, 0.1) is 20.1 Å². The number of thioether (sulfide) groups is 1. The minimum atomic E-state index is -0.180. The fourth-order valence-corrected chi connectivity index (χ4v) is 2.66. The van der Waals surface area contributed by atoms with Crippen LogP contribution in [-0.2, 0) is 9.53 Å². The van der Waals surface area contributed by atoms with Gasteiger partial charge in [-0.15, -0.1) is 11.8 Å². The van der Waals surface area contributed by atoms with Crippen LogP contribution in [0, 0.1) is 0 Å². The van der Waals surface area contributed by atoms with E-state index in [1.807, 2.05) is 45.0 Å². The van der Waals surface area contributed by atoms with E-state index in [1.165, 1.54) is 0 Å². The number of methoxy groups -OCH3 is 1. The molecule has 0 aliphatic carbocycles. The zero-order chi connectivity index (χ0) is 13.6. The minimum Gasteiger partial charge on any atom is -0.497 e. The maximum absolute atomic E-state index is 11.5. The predicted molar refractivity (Wildman–Crippen MR) is 74.2 cm³/mol. The number of hydrogen-bond donors (Lipinski definition) is 0. The van der Waals surface area contributed by atoms with Gasteiger partial charge in [0.15, 0.2) is 0 Å². The number of ether oxygens (including phenoxy) is 2. The predicted octanol–water partition coefficient (Wildman–Crippen LogP) is 3.52. The SMILES string of the molecule is CCOC(=O)CC(C)(C)Sc1ccc(OC)cc1. The van der Waals surface area contributed by atoms with Crippen molar-refractivity contribution in [1.82, 2.24) is 0 Å². The van der Waals surface area contributed by atoms with Gasteiger partial charge in [0.25, 0.3) is 0 Å². The summed E-state index contributed by atoms with van der Waals surface area (Å²) in [6.45, 7) is 6.33. The number of benzene rings is 1. The van der Waals surface area contributed by atoms with E-state index < -0.39 is 0 Å². The van der Waals surface area contributed by atoms with Crippen LogP contribution in [0.4, 0.5) is 0 Å². The molecule has 100 valence electrons. The lowest BCUT2D eigenvalue weighted by Crippen LogP contribution is -2.21. The molecule has 0 heterocycles. The molecule has 18 heavy (non-hydrogen) atoms. The summed E-state index contributed by atoms with van der Waals surface area (Å²) >= 11 is 1.66. The summed E-state index contributed by atoms with van der Waals surface area (Å²) in [4.78, 5) is 12.6. The zero-order valence-electron chi connectivity index (χ0n) is 11.4. The Morgan fingerprint density at radius 3 is 2.39 bits per heavy atom. The molecular formula is C14H20O3S. The van der Waals surface area contributed by atoms with Crippen LogP contribution in [0.3, 0.4) is 0 Å². The summed E-state index contributed by atoms with van der Waals surface area (Å²) in [6.07, 6.45) is 0.400. The first-order chi connectivity index (χ1) is 8.46. The molecule has 1 aromatic rings. The highest BCUT2D eigenvalue weighted by atomic mass is 32.2. The molecule has 0 saturated carbocycles. The number of carbonyl (C=O) groups excluding carboxylic acids is 1.